The maximum Gasteiger partial charge on any atom is 0.335 e. The molecule has 0 unspecified atom stereocenters. The number of imidazole rings is 1. The van der Waals surface area contributed by atoms with Crippen molar-refractivity contribution in [2.75, 3.05) is 26.8 Å². The molecule has 1 N–H and O–H groups in total. The molecule has 7 rings (SSSR count). The van der Waals surface area contributed by atoms with E-state index in [1.54, 1.807) is 25.4 Å². The number of piperidine rings is 1. The van der Waals surface area contributed by atoms with Crippen molar-refractivity contribution in [3.05, 3.63) is 76.3 Å². The summed E-state index contributed by atoms with van der Waals surface area (Å²) in [6.45, 7) is 5.66. The Morgan fingerprint density at radius 3 is 2.65 bits per heavy atom. The van der Waals surface area contributed by atoms with Gasteiger partial charge in [-0.2, -0.15) is 0 Å². The van der Waals surface area contributed by atoms with Gasteiger partial charge >= 0.3 is 5.97 Å². The number of aromatic nitrogens is 3. The van der Waals surface area contributed by atoms with Gasteiger partial charge < -0.3 is 28.6 Å². The van der Waals surface area contributed by atoms with E-state index in [1.165, 1.54) is 6.07 Å². The second kappa shape index (κ2) is 11.0. The number of carboxylic acids is 1. The van der Waals surface area contributed by atoms with Gasteiger partial charge in [0.05, 0.1) is 42.4 Å². The van der Waals surface area contributed by atoms with Gasteiger partial charge in [0, 0.05) is 25.3 Å². The van der Waals surface area contributed by atoms with Crippen molar-refractivity contribution in [3.63, 3.8) is 0 Å². The Balaban J connectivity index is 1.10. The molecule has 2 aromatic carbocycles. The number of aromatic carboxylic acids is 1. The number of rotatable bonds is 8. The number of hydrogen-bond acceptors (Lipinski definition) is 8. The summed E-state index contributed by atoms with van der Waals surface area (Å²) < 4.78 is 26.1. The van der Waals surface area contributed by atoms with Gasteiger partial charge in [-0.25, -0.2) is 9.78 Å². The number of hydrogen-bond donors (Lipinski definition) is 1. The molecule has 2 aromatic heterocycles. The largest absolute Gasteiger partial charge is 0.494 e. The minimum Gasteiger partial charge on any atom is -0.494 e. The monoisotopic (exact) mass is 604 g/mol. The molecule has 0 spiro atoms. The lowest BCUT2D eigenvalue weighted by atomic mass is 9.88. The van der Waals surface area contributed by atoms with E-state index in [2.05, 4.69) is 20.5 Å². The summed E-state index contributed by atoms with van der Waals surface area (Å²) in [6, 6.07) is 12.9. The number of likely N-dealkylation sites (tertiary alicyclic amines) is 1. The fraction of sp³-hybridized carbons (Fsp3) is 0.406. The molecule has 2 atom stereocenters. The number of halogens is 1. The number of para-hydroxylation sites is 1. The Morgan fingerprint density at radius 2 is 1.98 bits per heavy atom. The zero-order valence-electron chi connectivity index (χ0n) is 24.1. The molecule has 0 radical (unpaired) electrons. The number of ether oxygens (including phenoxy) is 4. The van der Waals surface area contributed by atoms with E-state index in [1.807, 2.05) is 25.1 Å². The van der Waals surface area contributed by atoms with Crippen LogP contribution in [0.3, 0.4) is 0 Å². The van der Waals surface area contributed by atoms with Crippen LogP contribution in [0.15, 0.2) is 48.7 Å². The third-order valence-corrected chi connectivity index (χ3v) is 8.96. The van der Waals surface area contributed by atoms with E-state index in [0.717, 1.165) is 67.4 Å². The van der Waals surface area contributed by atoms with Gasteiger partial charge in [-0.05, 0) is 68.6 Å². The molecule has 3 aliphatic heterocycles. The van der Waals surface area contributed by atoms with Crippen molar-refractivity contribution in [2.45, 2.75) is 57.1 Å². The van der Waals surface area contributed by atoms with Crippen LogP contribution in [0.4, 0.5) is 0 Å². The number of fused-ring (bicyclic) bond motifs is 2. The van der Waals surface area contributed by atoms with Gasteiger partial charge in [0.25, 0.3) is 5.79 Å². The fourth-order valence-corrected chi connectivity index (χ4v) is 6.41. The molecule has 0 bridgehead atoms. The molecule has 10 nitrogen and oxygen atoms in total. The number of nitrogens with zero attached hydrogens (tertiary/aromatic N) is 4. The van der Waals surface area contributed by atoms with E-state index >= 15 is 0 Å². The molecule has 43 heavy (non-hydrogen) atoms. The maximum atomic E-state index is 11.8. The second-order valence-corrected chi connectivity index (χ2v) is 11.9. The van der Waals surface area contributed by atoms with E-state index in [-0.39, 0.29) is 11.7 Å². The van der Waals surface area contributed by atoms with Crippen molar-refractivity contribution < 1.29 is 28.8 Å². The lowest BCUT2D eigenvalue weighted by Crippen LogP contribution is -2.35. The topological polar surface area (TPSA) is 108 Å². The first-order valence-corrected chi connectivity index (χ1v) is 15.0. The summed E-state index contributed by atoms with van der Waals surface area (Å²) in [7, 11) is 1.54. The summed E-state index contributed by atoms with van der Waals surface area (Å²) in [4.78, 5) is 23.6. The average molecular weight is 605 g/mol. The zero-order chi connectivity index (χ0) is 29.7. The van der Waals surface area contributed by atoms with Gasteiger partial charge in [-0.3, -0.25) is 9.88 Å². The number of benzene rings is 2. The number of pyridine rings is 1. The first kappa shape index (κ1) is 27.9. The molecule has 0 amide bonds. The van der Waals surface area contributed by atoms with Crippen LogP contribution in [0.1, 0.15) is 59.5 Å². The van der Waals surface area contributed by atoms with Gasteiger partial charge in [-0.15, -0.1) is 0 Å². The van der Waals surface area contributed by atoms with E-state index in [4.69, 9.17) is 35.5 Å². The number of carboxylic acid groups (broad SMARTS) is 1. The third-order valence-electron chi connectivity index (χ3n) is 8.74. The molecule has 4 aromatic rings. The van der Waals surface area contributed by atoms with Crippen LogP contribution < -0.4 is 14.2 Å². The van der Waals surface area contributed by atoms with E-state index < -0.39 is 11.8 Å². The van der Waals surface area contributed by atoms with Crippen LogP contribution in [-0.2, 0) is 23.6 Å². The molecule has 2 fully saturated rings. The Kier molecular flexibility index (Phi) is 7.15. The van der Waals surface area contributed by atoms with Crippen LogP contribution in [0.5, 0.6) is 17.2 Å². The summed E-state index contributed by atoms with van der Waals surface area (Å²) in [5, 5.41) is 10.3. The van der Waals surface area contributed by atoms with Crippen LogP contribution in [0.25, 0.3) is 11.0 Å². The summed E-state index contributed by atoms with van der Waals surface area (Å²) in [5.41, 5.74) is 3.42. The predicted octanol–water partition coefficient (Wildman–Crippen LogP) is 5.60. The fourth-order valence-electron chi connectivity index (χ4n) is 6.30. The third kappa shape index (κ3) is 5.17. The standard InChI is InChI=1S/C32H33ClN4O6/c1-32(27-7-6-21(33)16-34-27)42-25-5-3-4-23(30(25)43-32)19-8-11-36(12-9-19)18-28-35-29-24(37(28)17-22-10-13-41-22)14-20(31(38)39)15-26(29)40-2/h3-7,14-16,19,22H,8-13,17-18H2,1-2H3,(H,38,39)/t22-,32-/m0/s1. The molecule has 5 heterocycles. The summed E-state index contributed by atoms with van der Waals surface area (Å²) >= 11 is 6.05. The maximum absolute atomic E-state index is 11.8. The molecule has 0 aliphatic carbocycles. The van der Waals surface area contributed by atoms with E-state index in [0.29, 0.717) is 41.0 Å². The highest BCUT2D eigenvalue weighted by atomic mass is 35.5. The minimum absolute atomic E-state index is 0.0949. The van der Waals surface area contributed by atoms with Gasteiger partial charge in [0.1, 0.15) is 22.8 Å². The zero-order valence-corrected chi connectivity index (χ0v) is 24.8. The van der Waals surface area contributed by atoms with Gasteiger partial charge in [0.2, 0.25) is 0 Å². The second-order valence-electron chi connectivity index (χ2n) is 11.5. The average Bonchev–Trinajstić information content (AvgIpc) is 3.52. The lowest BCUT2D eigenvalue weighted by Gasteiger charge is -2.33. The van der Waals surface area contributed by atoms with Crippen molar-refractivity contribution in [3.8, 4) is 17.2 Å². The van der Waals surface area contributed by atoms with Crippen LogP contribution in [-0.4, -0.2) is 63.4 Å². The molecular weight excluding hydrogens is 572 g/mol. The Hall–Kier alpha value is -3.86. The smallest absolute Gasteiger partial charge is 0.335 e. The normalized spacial score (nSPS) is 22.1. The van der Waals surface area contributed by atoms with E-state index in [9.17, 15) is 9.90 Å². The van der Waals surface area contributed by atoms with Crippen LogP contribution in [0, 0.1) is 0 Å². The van der Waals surface area contributed by atoms with Crippen LogP contribution >= 0.6 is 11.6 Å². The van der Waals surface area contributed by atoms with Crippen LogP contribution in [0.2, 0.25) is 5.02 Å². The van der Waals surface area contributed by atoms with Gasteiger partial charge in [-0.1, -0.05) is 23.7 Å². The highest BCUT2D eigenvalue weighted by molar-refractivity contribution is 6.30. The molecular formula is C32H33ClN4O6. The number of methoxy groups -OCH3 is 1. The SMILES string of the molecule is COc1cc(C(=O)O)cc2c1nc(CN1CCC(c3cccc4c3O[C@@](C)(c3ccc(Cl)cn3)O4)CC1)n2C[C@@H]1CCO1. The Bertz CT molecular complexity index is 1680. The van der Waals surface area contributed by atoms with Crippen molar-refractivity contribution in [1.29, 1.82) is 0 Å². The molecule has 11 heteroatoms. The molecule has 224 valence electrons. The minimum atomic E-state index is -1.02. The predicted molar refractivity (Wildman–Crippen MR) is 159 cm³/mol. The molecule has 3 aliphatic rings. The Morgan fingerprint density at radius 1 is 1.16 bits per heavy atom. The molecule has 0 saturated carbocycles. The summed E-state index contributed by atoms with van der Waals surface area (Å²) in [6.07, 6.45) is 4.57. The van der Waals surface area contributed by atoms with Crippen molar-refractivity contribution in [2.24, 2.45) is 0 Å². The highest BCUT2D eigenvalue weighted by Gasteiger charge is 2.42. The Labute approximate surface area is 254 Å². The van der Waals surface area contributed by atoms with Crippen molar-refractivity contribution in [1.82, 2.24) is 19.4 Å². The van der Waals surface area contributed by atoms with Gasteiger partial charge in [0.15, 0.2) is 11.5 Å². The summed E-state index contributed by atoms with van der Waals surface area (Å²) in [5.74, 6) is 1.15. The lowest BCUT2D eigenvalue weighted by molar-refractivity contribution is -0.0722. The quantitative estimate of drug-likeness (QED) is 0.275. The first-order chi connectivity index (χ1) is 20.8. The highest BCUT2D eigenvalue weighted by Crippen LogP contribution is 2.49. The van der Waals surface area contributed by atoms with Crippen molar-refractivity contribution >= 4 is 28.6 Å². The molecule has 2 saturated heterocycles. The first-order valence-electron chi connectivity index (χ1n) is 14.6. The number of carbonyl (C=O) groups is 1.